The van der Waals surface area contributed by atoms with Gasteiger partial charge in [0, 0.05) is 54.2 Å². The second-order valence-corrected chi connectivity index (χ2v) is 9.33. The number of hydroxylamine groups is 1. The summed E-state index contributed by atoms with van der Waals surface area (Å²) >= 11 is 6.17. The number of benzene rings is 2. The van der Waals surface area contributed by atoms with Crippen LogP contribution in [0.5, 0.6) is 0 Å². The maximum atomic E-state index is 13.6. The molecule has 2 aromatic heterocycles. The molecule has 1 amide bonds. The molecule has 2 heterocycles. The van der Waals surface area contributed by atoms with E-state index in [2.05, 4.69) is 27.0 Å². The highest BCUT2D eigenvalue weighted by Gasteiger charge is 2.28. The number of halogens is 2. The summed E-state index contributed by atoms with van der Waals surface area (Å²) in [6.07, 6.45) is 9.53. The van der Waals surface area contributed by atoms with E-state index in [1.54, 1.807) is 17.8 Å². The van der Waals surface area contributed by atoms with Crippen molar-refractivity contribution in [2.24, 2.45) is 0 Å². The first-order valence-corrected chi connectivity index (χ1v) is 12.0. The number of carbonyl (C=O) groups is 1. The van der Waals surface area contributed by atoms with Crippen molar-refractivity contribution in [1.82, 2.24) is 20.3 Å². The van der Waals surface area contributed by atoms with E-state index in [0.717, 1.165) is 60.1 Å². The fourth-order valence-corrected chi connectivity index (χ4v) is 5.19. The van der Waals surface area contributed by atoms with E-state index in [1.807, 2.05) is 24.4 Å². The number of amides is 1. The maximum absolute atomic E-state index is 13.6. The SMILES string of the molecule is O=C(/C=C/c1ccc2c(c1)CCC2N(CCc1c[nH]c2cc(F)ccc12)Cc1cc(Cl)c[nH]1)NO. The summed E-state index contributed by atoms with van der Waals surface area (Å²) in [6, 6.07) is 13.3. The molecule has 0 saturated carbocycles. The molecule has 1 aliphatic carbocycles. The molecule has 0 fully saturated rings. The highest BCUT2D eigenvalue weighted by atomic mass is 35.5. The number of H-pyrrole nitrogens is 2. The number of nitrogens with one attached hydrogen (secondary N) is 3. The number of rotatable bonds is 8. The molecular weight excluding hydrogens is 467 g/mol. The van der Waals surface area contributed by atoms with Crippen molar-refractivity contribution in [3.63, 3.8) is 0 Å². The third-order valence-electron chi connectivity index (χ3n) is 6.67. The predicted molar refractivity (Wildman–Crippen MR) is 135 cm³/mol. The summed E-state index contributed by atoms with van der Waals surface area (Å²) in [5, 5.41) is 10.4. The molecule has 6 nitrogen and oxygen atoms in total. The second kappa shape index (κ2) is 10.1. The molecule has 1 unspecified atom stereocenters. The first-order valence-electron chi connectivity index (χ1n) is 11.6. The van der Waals surface area contributed by atoms with Gasteiger partial charge in [-0.25, -0.2) is 9.87 Å². The molecule has 8 heteroatoms. The van der Waals surface area contributed by atoms with Gasteiger partial charge in [-0.05, 0) is 71.9 Å². The molecular formula is C27H26ClFN4O2. The summed E-state index contributed by atoms with van der Waals surface area (Å²) in [5.41, 5.74) is 8.10. The average Bonchev–Trinajstić information content (AvgIpc) is 3.58. The zero-order valence-corrected chi connectivity index (χ0v) is 19.8. The molecule has 4 aromatic rings. The van der Waals surface area contributed by atoms with Gasteiger partial charge in [-0.2, -0.15) is 0 Å². The van der Waals surface area contributed by atoms with E-state index in [9.17, 15) is 9.18 Å². The molecule has 0 aliphatic heterocycles. The monoisotopic (exact) mass is 492 g/mol. The summed E-state index contributed by atoms with van der Waals surface area (Å²) in [5.74, 6) is -0.802. The Morgan fingerprint density at radius 3 is 2.89 bits per heavy atom. The summed E-state index contributed by atoms with van der Waals surface area (Å²) in [7, 11) is 0. The van der Waals surface area contributed by atoms with Crippen molar-refractivity contribution in [3.05, 3.63) is 99.7 Å². The Bertz CT molecular complexity index is 1390. The van der Waals surface area contributed by atoms with Gasteiger partial charge >= 0.3 is 0 Å². The van der Waals surface area contributed by atoms with Gasteiger partial charge in [0.1, 0.15) is 5.82 Å². The lowest BCUT2D eigenvalue weighted by Gasteiger charge is -2.29. The lowest BCUT2D eigenvalue weighted by atomic mass is 10.0. The van der Waals surface area contributed by atoms with Gasteiger partial charge < -0.3 is 9.97 Å². The third-order valence-corrected chi connectivity index (χ3v) is 6.89. The van der Waals surface area contributed by atoms with Crippen LogP contribution in [0.3, 0.4) is 0 Å². The minimum absolute atomic E-state index is 0.244. The van der Waals surface area contributed by atoms with E-state index in [1.165, 1.54) is 29.3 Å². The van der Waals surface area contributed by atoms with Crippen LogP contribution in [-0.2, 0) is 24.2 Å². The Hall–Kier alpha value is -3.39. The van der Waals surface area contributed by atoms with Crippen LogP contribution in [0, 0.1) is 5.82 Å². The highest BCUT2D eigenvalue weighted by Crippen LogP contribution is 2.37. The fraction of sp³-hybridized carbons (Fsp3) is 0.222. The number of nitrogens with zero attached hydrogens (tertiary/aromatic N) is 1. The Morgan fingerprint density at radius 2 is 2.09 bits per heavy atom. The van der Waals surface area contributed by atoms with Crippen molar-refractivity contribution in [3.8, 4) is 0 Å². The van der Waals surface area contributed by atoms with Gasteiger partial charge in [-0.3, -0.25) is 14.9 Å². The quantitative estimate of drug-likeness (QED) is 0.148. The van der Waals surface area contributed by atoms with Crippen molar-refractivity contribution < 1.29 is 14.4 Å². The molecule has 4 N–H and O–H groups in total. The van der Waals surface area contributed by atoms with E-state index in [-0.39, 0.29) is 11.9 Å². The van der Waals surface area contributed by atoms with Gasteiger partial charge in [-0.1, -0.05) is 29.8 Å². The summed E-state index contributed by atoms with van der Waals surface area (Å²) in [4.78, 5) is 20.2. The molecule has 0 radical (unpaired) electrons. The smallest absolute Gasteiger partial charge is 0.267 e. The number of hydrogen-bond donors (Lipinski definition) is 4. The van der Waals surface area contributed by atoms with Crippen LogP contribution in [0.2, 0.25) is 5.02 Å². The van der Waals surface area contributed by atoms with E-state index in [4.69, 9.17) is 16.8 Å². The van der Waals surface area contributed by atoms with Gasteiger partial charge in [0.25, 0.3) is 5.91 Å². The molecule has 0 saturated heterocycles. The van der Waals surface area contributed by atoms with Crippen LogP contribution < -0.4 is 5.48 Å². The van der Waals surface area contributed by atoms with E-state index < -0.39 is 5.91 Å². The minimum Gasteiger partial charge on any atom is -0.363 e. The molecule has 35 heavy (non-hydrogen) atoms. The third kappa shape index (κ3) is 5.17. The van der Waals surface area contributed by atoms with Crippen LogP contribution in [0.4, 0.5) is 4.39 Å². The van der Waals surface area contributed by atoms with Crippen LogP contribution >= 0.6 is 11.6 Å². The summed E-state index contributed by atoms with van der Waals surface area (Å²) in [6.45, 7) is 1.55. The zero-order chi connectivity index (χ0) is 24.4. The Kier molecular flexibility index (Phi) is 6.72. The Labute approximate surface area is 207 Å². The number of aryl methyl sites for hydroxylation is 1. The number of hydrogen-bond acceptors (Lipinski definition) is 3. The molecule has 1 aliphatic rings. The van der Waals surface area contributed by atoms with Crippen LogP contribution in [0.1, 0.15) is 40.4 Å². The molecule has 180 valence electrons. The normalized spacial score (nSPS) is 15.4. The van der Waals surface area contributed by atoms with Crippen molar-refractivity contribution in [2.45, 2.75) is 31.8 Å². The van der Waals surface area contributed by atoms with Gasteiger partial charge in [0.2, 0.25) is 0 Å². The molecule has 1 atom stereocenters. The van der Waals surface area contributed by atoms with Gasteiger partial charge in [0.05, 0.1) is 5.02 Å². The molecule has 0 spiro atoms. The topological polar surface area (TPSA) is 84.2 Å². The summed E-state index contributed by atoms with van der Waals surface area (Å²) < 4.78 is 13.6. The van der Waals surface area contributed by atoms with Crippen molar-refractivity contribution in [2.75, 3.05) is 6.54 Å². The number of fused-ring (bicyclic) bond motifs is 2. The first kappa shape index (κ1) is 23.4. The lowest BCUT2D eigenvalue weighted by Crippen LogP contribution is -2.29. The molecule has 2 aromatic carbocycles. The van der Waals surface area contributed by atoms with Gasteiger partial charge in [0.15, 0.2) is 0 Å². The van der Waals surface area contributed by atoms with Crippen LogP contribution in [0.25, 0.3) is 17.0 Å². The minimum atomic E-state index is -0.556. The number of aromatic nitrogens is 2. The standard InChI is InChI=1S/C27H26ClFN4O2/c28-20-12-22(30-15-20)16-33(10-9-19-14-31-25-13-21(29)4-6-23(19)25)26-7-3-18-11-17(1-5-24(18)26)2-8-27(34)32-35/h1-2,4-6,8,11-15,26,30-31,35H,3,7,9-10,16H2,(H,32,34)/b8-2+. The maximum Gasteiger partial charge on any atom is 0.267 e. The lowest BCUT2D eigenvalue weighted by molar-refractivity contribution is -0.124. The highest BCUT2D eigenvalue weighted by molar-refractivity contribution is 6.30. The molecule has 5 rings (SSSR count). The van der Waals surface area contributed by atoms with Crippen LogP contribution in [-0.4, -0.2) is 32.5 Å². The second-order valence-electron chi connectivity index (χ2n) is 8.89. The van der Waals surface area contributed by atoms with E-state index in [0.29, 0.717) is 5.02 Å². The number of carbonyl (C=O) groups excluding carboxylic acids is 1. The van der Waals surface area contributed by atoms with Gasteiger partial charge in [-0.15, -0.1) is 0 Å². The fourth-order valence-electron chi connectivity index (χ4n) is 5.00. The molecule has 0 bridgehead atoms. The van der Waals surface area contributed by atoms with E-state index >= 15 is 0 Å². The Morgan fingerprint density at radius 1 is 1.20 bits per heavy atom. The average molecular weight is 493 g/mol. The van der Waals surface area contributed by atoms with Crippen molar-refractivity contribution in [1.29, 1.82) is 0 Å². The first-order chi connectivity index (χ1) is 17.0. The number of aromatic amines is 2. The zero-order valence-electron chi connectivity index (χ0n) is 19.0. The largest absolute Gasteiger partial charge is 0.363 e. The van der Waals surface area contributed by atoms with Crippen molar-refractivity contribution >= 4 is 34.5 Å². The Balaban J connectivity index is 1.38. The van der Waals surface area contributed by atoms with Crippen LogP contribution in [0.15, 0.2) is 60.9 Å². The predicted octanol–water partition coefficient (Wildman–Crippen LogP) is 5.54.